The average molecular weight is 435 g/mol. The Morgan fingerprint density at radius 1 is 1.00 bits per heavy atom. The van der Waals surface area contributed by atoms with Gasteiger partial charge in [-0.25, -0.2) is 0 Å². The van der Waals surface area contributed by atoms with E-state index in [9.17, 15) is 9.59 Å². The summed E-state index contributed by atoms with van der Waals surface area (Å²) in [4.78, 5) is 27.7. The van der Waals surface area contributed by atoms with E-state index < -0.39 is 18.4 Å². The number of nitrogens with one attached hydrogen (secondary N) is 2. The molecule has 1 heterocycles. The van der Waals surface area contributed by atoms with E-state index in [2.05, 4.69) is 15.8 Å². The zero-order chi connectivity index (χ0) is 20.0. The van der Waals surface area contributed by atoms with Crippen molar-refractivity contribution in [3.8, 4) is 17.4 Å². The Morgan fingerprint density at radius 3 is 2.37 bits per heavy atom. The number of rotatable bonds is 6. The molecule has 0 aliphatic heterocycles. The van der Waals surface area contributed by atoms with E-state index in [1.807, 2.05) is 0 Å². The number of hydrogen-bond donors (Lipinski definition) is 2. The lowest BCUT2D eigenvalue weighted by Crippen LogP contribution is -2.43. The minimum atomic E-state index is -0.646. The van der Waals surface area contributed by atoms with Crippen molar-refractivity contribution in [2.24, 2.45) is 0 Å². The van der Waals surface area contributed by atoms with Crippen LogP contribution >= 0.6 is 34.8 Å². The first kappa shape index (κ1) is 20.9. The minimum Gasteiger partial charge on any atom is -0.493 e. The van der Waals surface area contributed by atoms with Gasteiger partial charge in [0.1, 0.15) is 5.02 Å². The molecule has 2 rings (SSSR count). The molecule has 0 saturated heterocycles. The number of hydrazine groups is 1. The van der Waals surface area contributed by atoms with Gasteiger partial charge in [0.2, 0.25) is 5.88 Å². The molecule has 144 valence electrons. The Hall–Kier alpha value is -2.42. The molecule has 27 heavy (non-hydrogen) atoms. The van der Waals surface area contributed by atoms with Crippen molar-refractivity contribution in [2.75, 3.05) is 20.8 Å². The molecule has 0 aliphatic carbocycles. The summed E-state index contributed by atoms with van der Waals surface area (Å²) in [5.74, 6) is -0.423. The number of carbonyl (C=O) groups excluding carboxylic acids is 2. The SMILES string of the molecule is COc1ccc(C(=O)NNC(=O)COc2nc(Cl)c(Cl)cc2Cl)cc1OC. The van der Waals surface area contributed by atoms with E-state index in [1.54, 1.807) is 6.07 Å². The number of hydrogen-bond acceptors (Lipinski definition) is 6. The second-order valence-electron chi connectivity index (χ2n) is 4.91. The number of halogens is 3. The Bertz CT molecular complexity index is 863. The molecule has 0 atom stereocenters. The highest BCUT2D eigenvalue weighted by molar-refractivity contribution is 6.42. The molecular weight excluding hydrogens is 421 g/mol. The Balaban J connectivity index is 1.90. The highest BCUT2D eigenvalue weighted by atomic mass is 35.5. The third-order valence-corrected chi connectivity index (χ3v) is 4.10. The smallest absolute Gasteiger partial charge is 0.276 e. The van der Waals surface area contributed by atoms with E-state index in [0.29, 0.717) is 11.5 Å². The fourth-order valence-corrected chi connectivity index (χ4v) is 2.42. The molecule has 11 heteroatoms. The van der Waals surface area contributed by atoms with Crippen LogP contribution in [0.15, 0.2) is 24.3 Å². The Morgan fingerprint density at radius 2 is 1.70 bits per heavy atom. The van der Waals surface area contributed by atoms with E-state index in [1.165, 1.54) is 32.4 Å². The summed E-state index contributed by atoms with van der Waals surface area (Å²) in [6.45, 7) is -0.461. The van der Waals surface area contributed by atoms with Crippen molar-refractivity contribution >= 4 is 46.6 Å². The van der Waals surface area contributed by atoms with Gasteiger partial charge in [-0.15, -0.1) is 0 Å². The molecule has 0 saturated carbocycles. The van der Waals surface area contributed by atoms with Crippen molar-refractivity contribution in [1.82, 2.24) is 15.8 Å². The number of aromatic nitrogens is 1. The summed E-state index contributed by atoms with van der Waals surface area (Å²) in [7, 11) is 2.92. The number of methoxy groups -OCH3 is 2. The number of nitrogens with zero attached hydrogens (tertiary/aromatic N) is 1. The largest absolute Gasteiger partial charge is 0.493 e. The maximum Gasteiger partial charge on any atom is 0.276 e. The zero-order valence-electron chi connectivity index (χ0n) is 14.1. The third-order valence-electron chi connectivity index (χ3n) is 3.16. The van der Waals surface area contributed by atoms with Crippen molar-refractivity contribution < 1.29 is 23.8 Å². The van der Waals surface area contributed by atoms with Crippen LogP contribution in [0, 0.1) is 0 Å². The topological polar surface area (TPSA) is 98.8 Å². The summed E-state index contributed by atoms with van der Waals surface area (Å²) in [6.07, 6.45) is 0. The molecule has 1 aromatic carbocycles. The third kappa shape index (κ3) is 5.53. The standard InChI is InChI=1S/C16H14Cl3N3O5/c1-25-11-4-3-8(5-12(11)26-2)15(24)22-21-13(23)7-27-16-10(18)6-9(17)14(19)20-16/h3-6H,7H2,1-2H3,(H,21,23)(H,22,24). The minimum absolute atomic E-state index is 0.0155. The number of ether oxygens (including phenoxy) is 3. The van der Waals surface area contributed by atoms with Crippen LogP contribution in [0.2, 0.25) is 15.2 Å². The highest BCUT2D eigenvalue weighted by Gasteiger charge is 2.13. The van der Waals surface area contributed by atoms with E-state index in [0.717, 1.165) is 0 Å². The summed E-state index contributed by atoms with van der Waals surface area (Å²) < 4.78 is 15.4. The van der Waals surface area contributed by atoms with Crippen LogP contribution in [-0.2, 0) is 4.79 Å². The van der Waals surface area contributed by atoms with E-state index >= 15 is 0 Å². The first-order chi connectivity index (χ1) is 12.8. The van der Waals surface area contributed by atoms with Crippen LogP contribution in [0.5, 0.6) is 17.4 Å². The van der Waals surface area contributed by atoms with Crippen molar-refractivity contribution in [3.63, 3.8) is 0 Å². The summed E-state index contributed by atoms with van der Waals surface area (Å²) in [5, 5.41) is 0.227. The van der Waals surface area contributed by atoms with Gasteiger partial charge in [-0.05, 0) is 24.3 Å². The Labute approximate surface area is 169 Å². The maximum absolute atomic E-state index is 12.1. The maximum atomic E-state index is 12.1. The summed E-state index contributed by atoms with van der Waals surface area (Å²) >= 11 is 17.4. The molecule has 1 aromatic heterocycles. The lowest BCUT2D eigenvalue weighted by molar-refractivity contribution is -0.123. The van der Waals surface area contributed by atoms with Gasteiger partial charge in [-0.2, -0.15) is 4.98 Å². The molecule has 0 aliphatic rings. The summed E-state index contributed by atoms with van der Waals surface area (Å²) in [5.41, 5.74) is 4.69. The lowest BCUT2D eigenvalue weighted by atomic mass is 10.2. The fourth-order valence-electron chi connectivity index (χ4n) is 1.88. The normalized spacial score (nSPS) is 10.1. The zero-order valence-corrected chi connectivity index (χ0v) is 16.4. The average Bonchev–Trinajstić information content (AvgIpc) is 2.67. The fraction of sp³-hybridized carbons (Fsp3) is 0.188. The Kier molecular flexibility index (Phi) is 7.35. The van der Waals surface area contributed by atoms with Crippen LogP contribution in [0.4, 0.5) is 0 Å². The molecule has 0 radical (unpaired) electrons. The van der Waals surface area contributed by atoms with Crippen LogP contribution < -0.4 is 25.1 Å². The lowest BCUT2D eigenvalue weighted by Gasteiger charge is -2.11. The van der Waals surface area contributed by atoms with Gasteiger partial charge < -0.3 is 14.2 Å². The van der Waals surface area contributed by atoms with Gasteiger partial charge in [-0.1, -0.05) is 34.8 Å². The van der Waals surface area contributed by atoms with Gasteiger partial charge in [0.25, 0.3) is 11.8 Å². The first-order valence-corrected chi connectivity index (χ1v) is 8.44. The predicted molar refractivity (Wildman–Crippen MR) is 99.9 cm³/mol. The highest BCUT2D eigenvalue weighted by Crippen LogP contribution is 2.30. The second-order valence-corrected chi connectivity index (χ2v) is 6.08. The van der Waals surface area contributed by atoms with Crippen LogP contribution in [0.3, 0.4) is 0 Å². The van der Waals surface area contributed by atoms with Crippen LogP contribution in [0.25, 0.3) is 0 Å². The van der Waals surface area contributed by atoms with E-state index in [-0.39, 0.29) is 26.6 Å². The molecule has 0 unspecified atom stereocenters. The molecular formula is C16H14Cl3N3O5. The first-order valence-electron chi connectivity index (χ1n) is 7.31. The van der Waals surface area contributed by atoms with Crippen molar-refractivity contribution in [2.45, 2.75) is 0 Å². The predicted octanol–water partition coefficient (Wildman–Crippen LogP) is 2.90. The molecule has 0 spiro atoms. The monoisotopic (exact) mass is 433 g/mol. The van der Waals surface area contributed by atoms with Crippen LogP contribution in [-0.4, -0.2) is 37.6 Å². The van der Waals surface area contributed by atoms with Gasteiger partial charge in [-0.3, -0.25) is 20.4 Å². The molecule has 0 fully saturated rings. The van der Waals surface area contributed by atoms with Crippen molar-refractivity contribution in [1.29, 1.82) is 0 Å². The molecule has 2 N–H and O–H groups in total. The molecule has 2 amide bonds. The molecule has 8 nitrogen and oxygen atoms in total. The number of benzene rings is 1. The quantitative estimate of drug-likeness (QED) is 0.536. The van der Waals surface area contributed by atoms with Gasteiger partial charge in [0.05, 0.1) is 19.2 Å². The van der Waals surface area contributed by atoms with Gasteiger partial charge in [0.15, 0.2) is 23.3 Å². The van der Waals surface area contributed by atoms with Crippen LogP contribution in [0.1, 0.15) is 10.4 Å². The number of pyridine rings is 1. The number of carbonyl (C=O) groups is 2. The second kappa shape index (κ2) is 9.50. The number of amides is 2. The summed E-state index contributed by atoms with van der Waals surface area (Å²) in [6, 6.07) is 5.89. The van der Waals surface area contributed by atoms with Crippen molar-refractivity contribution in [3.05, 3.63) is 45.0 Å². The molecule has 0 bridgehead atoms. The van der Waals surface area contributed by atoms with Gasteiger partial charge in [0, 0.05) is 5.56 Å². The van der Waals surface area contributed by atoms with Gasteiger partial charge >= 0.3 is 0 Å². The van der Waals surface area contributed by atoms with E-state index in [4.69, 9.17) is 49.0 Å². The molecule has 2 aromatic rings.